The molecule has 8 heteroatoms. The molecular formula is C16H22F3N3OS. The molecule has 0 spiro atoms. The fourth-order valence-electron chi connectivity index (χ4n) is 2.45. The van der Waals surface area contributed by atoms with E-state index in [9.17, 15) is 13.2 Å². The summed E-state index contributed by atoms with van der Waals surface area (Å²) in [5.41, 5.74) is -0.698. The van der Waals surface area contributed by atoms with Gasteiger partial charge in [0, 0.05) is 26.1 Å². The van der Waals surface area contributed by atoms with Gasteiger partial charge in [0.05, 0.1) is 12.1 Å². The number of likely N-dealkylation sites (tertiary alicyclic amines) is 1. The number of rotatable bonds is 5. The summed E-state index contributed by atoms with van der Waals surface area (Å²) < 4.78 is 43.9. The quantitative estimate of drug-likeness (QED) is 0.814. The van der Waals surface area contributed by atoms with E-state index >= 15 is 0 Å². The number of nitrogens with zero attached hydrogens (tertiary/aromatic N) is 2. The monoisotopic (exact) mass is 361 g/mol. The van der Waals surface area contributed by atoms with Crippen LogP contribution in [0.3, 0.4) is 0 Å². The molecule has 0 aromatic heterocycles. The highest BCUT2D eigenvalue weighted by Gasteiger charge is 2.31. The second-order valence-corrected chi connectivity index (χ2v) is 6.42. The van der Waals surface area contributed by atoms with Crippen molar-refractivity contribution < 1.29 is 17.9 Å². The largest absolute Gasteiger partial charge is 0.489 e. The van der Waals surface area contributed by atoms with Gasteiger partial charge in [0.25, 0.3) is 0 Å². The molecule has 0 bridgehead atoms. The van der Waals surface area contributed by atoms with Gasteiger partial charge in [-0.3, -0.25) is 0 Å². The third kappa shape index (κ3) is 5.52. The number of thiocarbonyl (C=S) groups is 1. The van der Waals surface area contributed by atoms with Gasteiger partial charge in [-0.2, -0.15) is 13.2 Å². The van der Waals surface area contributed by atoms with E-state index in [2.05, 4.69) is 10.2 Å². The molecule has 0 amide bonds. The summed E-state index contributed by atoms with van der Waals surface area (Å²) >= 11 is 5.34. The van der Waals surface area contributed by atoms with Crippen molar-refractivity contribution in [2.45, 2.75) is 18.7 Å². The number of nitrogens with one attached hydrogen (secondary N) is 1. The van der Waals surface area contributed by atoms with Crippen molar-refractivity contribution >= 4 is 17.3 Å². The van der Waals surface area contributed by atoms with Crippen LogP contribution in [-0.2, 0) is 6.18 Å². The van der Waals surface area contributed by atoms with E-state index in [0.717, 1.165) is 38.2 Å². The lowest BCUT2D eigenvalue weighted by molar-refractivity contribution is -0.137. The Morgan fingerprint density at radius 2 is 2.17 bits per heavy atom. The van der Waals surface area contributed by atoms with Gasteiger partial charge < -0.3 is 19.9 Å². The Morgan fingerprint density at radius 3 is 2.83 bits per heavy atom. The second kappa shape index (κ2) is 8.02. The first kappa shape index (κ1) is 18.8. The number of alkyl halides is 3. The zero-order valence-electron chi connectivity index (χ0n) is 13.8. The van der Waals surface area contributed by atoms with Gasteiger partial charge in [0.1, 0.15) is 11.9 Å². The van der Waals surface area contributed by atoms with Gasteiger partial charge in [-0.05, 0) is 44.5 Å². The van der Waals surface area contributed by atoms with Crippen molar-refractivity contribution in [1.29, 1.82) is 0 Å². The van der Waals surface area contributed by atoms with E-state index in [-0.39, 0.29) is 11.9 Å². The molecule has 1 aromatic rings. The fourth-order valence-corrected chi connectivity index (χ4v) is 2.71. The molecule has 0 saturated carbocycles. The van der Waals surface area contributed by atoms with E-state index in [0.29, 0.717) is 11.7 Å². The first-order valence-electron chi connectivity index (χ1n) is 7.77. The molecule has 1 aliphatic rings. The molecule has 1 heterocycles. The van der Waals surface area contributed by atoms with Crippen molar-refractivity contribution in [2.24, 2.45) is 0 Å². The van der Waals surface area contributed by atoms with E-state index in [1.807, 2.05) is 19.0 Å². The van der Waals surface area contributed by atoms with Crippen molar-refractivity contribution in [3.8, 4) is 5.75 Å². The molecule has 0 aliphatic carbocycles. The van der Waals surface area contributed by atoms with Gasteiger partial charge in [-0.1, -0.05) is 6.07 Å². The Labute approximate surface area is 145 Å². The average molecular weight is 361 g/mol. The van der Waals surface area contributed by atoms with Crippen LogP contribution in [0.5, 0.6) is 5.75 Å². The third-order valence-electron chi connectivity index (χ3n) is 3.73. The van der Waals surface area contributed by atoms with Crippen LogP contribution in [0.25, 0.3) is 0 Å². The van der Waals surface area contributed by atoms with Crippen LogP contribution in [0, 0.1) is 0 Å². The number of likely N-dealkylation sites (N-methyl/N-ethyl adjacent to an activating group) is 1. The number of benzene rings is 1. The van der Waals surface area contributed by atoms with Gasteiger partial charge in [0.15, 0.2) is 5.11 Å². The third-order valence-corrected chi connectivity index (χ3v) is 4.13. The van der Waals surface area contributed by atoms with Crippen LogP contribution >= 0.6 is 12.2 Å². The second-order valence-electron chi connectivity index (χ2n) is 6.04. The molecule has 1 N–H and O–H groups in total. The summed E-state index contributed by atoms with van der Waals surface area (Å²) in [6, 6.07) is 4.98. The van der Waals surface area contributed by atoms with E-state index in [1.165, 1.54) is 6.07 Å². The SMILES string of the molecule is CN(C)CCNC(=S)N1CCC(Oc2cccc(C(F)(F)F)c2)C1. The average Bonchev–Trinajstić information content (AvgIpc) is 2.95. The maximum Gasteiger partial charge on any atom is 0.416 e. The molecule has 2 rings (SSSR count). The van der Waals surface area contributed by atoms with Gasteiger partial charge in [0.2, 0.25) is 0 Å². The number of halogens is 3. The predicted octanol–water partition coefficient (Wildman–Crippen LogP) is 2.59. The maximum atomic E-state index is 12.7. The molecule has 4 nitrogen and oxygen atoms in total. The van der Waals surface area contributed by atoms with Crippen LogP contribution in [0.4, 0.5) is 13.2 Å². The van der Waals surface area contributed by atoms with E-state index in [4.69, 9.17) is 17.0 Å². The molecular weight excluding hydrogens is 339 g/mol. The summed E-state index contributed by atoms with van der Waals surface area (Å²) in [4.78, 5) is 4.04. The maximum absolute atomic E-state index is 12.7. The molecule has 1 aromatic carbocycles. The molecule has 1 unspecified atom stereocenters. The summed E-state index contributed by atoms with van der Waals surface area (Å²) in [5, 5.41) is 3.84. The van der Waals surface area contributed by atoms with Crippen LogP contribution in [-0.4, -0.2) is 61.3 Å². The lowest BCUT2D eigenvalue weighted by Crippen LogP contribution is -2.41. The number of ether oxygens (including phenoxy) is 1. The molecule has 24 heavy (non-hydrogen) atoms. The first-order chi connectivity index (χ1) is 11.3. The van der Waals surface area contributed by atoms with Crippen molar-refractivity contribution in [3.63, 3.8) is 0 Å². The van der Waals surface area contributed by atoms with Crippen molar-refractivity contribution in [3.05, 3.63) is 29.8 Å². The van der Waals surface area contributed by atoms with Gasteiger partial charge >= 0.3 is 6.18 Å². The van der Waals surface area contributed by atoms with E-state index < -0.39 is 11.7 Å². The van der Waals surface area contributed by atoms with Gasteiger partial charge in [-0.25, -0.2) is 0 Å². The van der Waals surface area contributed by atoms with E-state index in [1.54, 1.807) is 6.07 Å². The minimum absolute atomic E-state index is 0.165. The standard InChI is InChI=1S/C16H22F3N3OS/c1-21(2)9-7-20-15(24)22-8-6-14(11-22)23-13-5-3-4-12(10-13)16(17,18)19/h3-5,10,14H,6-9,11H2,1-2H3,(H,20,24). The smallest absolute Gasteiger partial charge is 0.416 e. The highest BCUT2D eigenvalue weighted by atomic mass is 32.1. The molecule has 1 fully saturated rings. The molecule has 134 valence electrons. The minimum atomic E-state index is -4.36. The Morgan fingerprint density at radius 1 is 1.42 bits per heavy atom. The molecule has 0 radical (unpaired) electrons. The molecule has 1 aliphatic heterocycles. The van der Waals surface area contributed by atoms with Crippen LogP contribution < -0.4 is 10.1 Å². The Balaban J connectivity index is 1.85. The lowest BCUT2D eigenvalue weighted by Gasteiger charge is -2.21. The van der Waals surface area contributed by atoms with Crippen LogP contribution in [0.2, 0.25) is 0 Å². The van der Waals surface area contributed by atoms with Crippen LogP contribution in [0.1, 0.15) is 12.0 Å². The highest BCUT2D eigenvalue weighted by Crippen LogP contribution is 2.31. The summed E-state index contributed by atoms with van der Waals surface area (Å²) in [6.45, 7) is 2.93. The number of hydrogen-bond donors (Lipinski definition) is 1. The minimum Gasteiger partial charge on any atom is -0.489 e. The fraction of sp³-hybridized carbons (Fsp3) is 0.562. The summed E-state index contributed by atoms with van der Waals surface area (Å²) in [7, 11) is 3.97. The summed E-state index contributed by atoms with van der Waals surface area (Å²) in [6.07, 6.45) is -3.80. The van der Waals surface area contributed by atoms with Crippen molar-refractivity contribution in [2.75, 3.05) is 40.3 Å². The topological polar surface area (TPSA) is 27.7 Å². The Kier molecular flexibility index (Phi) is 6.28. The normalized spacial score (nSPS) is 18.1. The number of hydrogen-bond acceptors (Lipinski definition) is 3. The molecule has 1 atom stereocenters. The van der Waals surface area contributed by atoms with Gasteiger partial charge in [-0.15, -0.1) is 0 Å². The first-order valence-corrected chi connectivity index (χ1v) is 8.18. The van der Waals surface area contributed by atoms with Crippen molar-refractivity contribution in [1.82, 2.24) is 15.1 Å². The van der Waals surface area contributed by atoms with Crippen LogP contribution in [0.15, 0.2) is 24.3 Å². The zero-order chi connectivity index (χ0) is 17.7. The predicted molar refractivity (Wildman–Crippen MR) is 91.2 cm³/mol. The lowest BCUT2D eigenvalue weighted by atomic mass is 10.2. The molecule has 1 saturated heterocycles. The zero-order valence-corrected chi connectivity index (χ0v) is 14.6. The Hall–Kier alpha value is -1.54. The highest BCUT2D eigenvalue weighted by molar-refractivity contribution is 7.80. The summed E-state index contributed by atoms with van der Waals surface area (Å²) in [5.74, 6) is 0.239. The Bertz CT molecular complexity index is 566.